The molecule has 5 nitrogen and oxygen atoms in total. The van der Waals surface area contributed by atoms with Crippen LogP contribution in [-0.2, 0) is 4.74 Å². The van der Waals surface area contributed by atoms with Crippen LogP contribution in [0.5, 0.6) is 0 Å². The van der Waals surface area contributed by atoms with E-state index in [-0.39, 0.29) is 11.7 Å². The van der Waals surface area contributed by atoms with E-state index in [0.29, 0.717) is 11.5 Å². The molecule has 0 bridgehead atoms. The van der Waals surface area contributed by atoms with Crippen LogP contribution >= 0.6 is 0 Å². The molecule has 0 aliphatic rings. The molecule has 0 aromatic carbocycles. The van der Waals surface area contributed by atoms with Crippen LogP contribution < -0.4 is 0 Å². The van der Waals surface area contributed by atoms with Crippen LogP contribution in [0.3, 0.4) is 0 Å². The Morgan fingerprint density at radius 1 is 1.50 bits per heavy atom. The van der Waals surface area contributed by atoms with Gasteiger partial charge in [0, 0.05) is 6.20 Å². The van der Waals surface area contributed by atoms with Crippen LogP contribution in [0, 0.1) is 0 Å². The van der Waals surface area contributed by atoms with E-state index >= 15 is 0 Å². The average molecular weight is 270 g/mol. The van der Waals surface area contributed by atoms with E-state index in [1.165, 1.54) is 17.2 Å². The van der Waals surface area contributed by atoms with Crippen molar-refractivity contribution in [3.8, 4) is 0 Å². The fourth-order valence-electron chi connectivity index (χ4n) is 1.52. The topological polar surface area (TPSA) is 57.3 Å². The first-order valence-corrected chi connectivity index (χ1v) is 6.00. The van der Waals surface area contributed by atoms with Crippen molar-refractivity contribution in [1.82, 2.24) is 9.78 Å². The Morgan fingerprint density at radius 3 is 3.00 bits per heavy atom. The first-order chi connectivity index (χ1) is 9.74. The summed E-state index contributed by atoms with van der Waals surface area (Å²) >= 11 is 0. The zero-order valence-corrected chi connectivity index (χ0v) is 11.0. The molecule has 2 aromatic heterocycles. The van der Waals surface area contributed by atoms with Crippen molar-refractivity contribution in [1.29, 1.82) is 0 Å². The molecule has 0 aliphatic heterocycles. The zero-order chi connectivity index (χ0) is 14.4. The number of furan rings is 1. The Labute approximate surface area is 116 Å². The second kappa shape index (κ2) is 6.38. The Morgan fingerprint density at radius 2 is 2.35 bits per heavy atom. The lowest BCUT2D eigenvalue weighted by molar-refractivity contribution is 0.0917. The molecule has 0 spiro atoms. The minimum Gasteiger partial charge on any atom is -0.466 e. The second-order valence-corrected chi connectivity index (χ2v) is 3.78. The quantitative estimate of drug-likeness (QED) is 0.618. The average Bonchev–Trinajstić information content (AvgIpc) is 3.13. The number of ether oxygens (including phenoxy) is 1. The molecule has 102 valence electrons. The summed E-state index contributed by atoms with van der Waals surface area (Å²) in [5.74, 6) is 0.572. The first kappa shape index (κ1) is 13.6. The van der Waals surface area contributed by atoms with Gasteiger partial charge in [0.2, 0.25) is 0 Å². The Bertz CT molecular complexity index is 648. The van der Waals surface area contributed by atoms with Crippen LogP contribution in [-0.4, -0.2) is 15.7 Å². The molecule has 0 saturated carbocycles. The lowest BCUT2D eigenvalue weighted by Gasteiger charge is -1.97. The summed E-state index contributed by atoms with van der Waals surface area (Å²) in [6.07, 6.45) is 9.65. The van der Waals surface area contributed by atoms with Crippen molar-refractivity contribution in [3.05, 3.63) is 72.9 Å². The van der Waals surface area contributed by atoms with Crippen molar-refractivity contribution in [2.75, 3.05) is 0 Å². The molecule has 0 N–H and O–H groups in total. The number of aromatic nitrogens is 2. The van der Waals surface area contributed by atoms with E-state index in [9.17, 15) is 4.79 Å². The highest BCUT2D eigenvalue weighted by Gasteiger charge is 2.11. The molecule has 2 rings (SSSR count). The first-order valence-electron chi connectivity index (χ1n) is 6.00. The molecule has 20 heavy (non-hydrogen) atoms. The summed E-state index contributed by atoms with van der Waals surface area (Å²) in [7, 11) is 0. The molecule has 0 atom stereocenters. The number of carbonyl (C=O) groups is 1. The van der Waals surface area contributed by atoms with Crippen molar-refractivity contribution in [2.24, 2.45) is 0 Å². The van der Waals surface area contributed by atoms with E-state index in [0.717, 1.165) is 0 Å². The highest BCUT2D eigenvalue weighted by atomic mass is 16.5. The molecule has 0 amide bonds. The minimum absolute atomic E-state index is 0.243. The number of nitrogens with zero attached hydrogens (tertiary/aromatic N) is 2. The molecular weight excluding hydrogens is 256 g/mol. The monoisotopic (exact) mass is 270 g/mol. The molecule has 5 heteroatoms. The van der Waals surface area contributed by atoms with Crippen LogP contribution in [0.2, 0.25) is 0 Å². The van der Waals surface area contributed by atoms with Gasteiger partial charge in [0.15, 0.2) is 5.76 Å². The Balaban J connectivity index is 2.11. The summed E-state index contributed by atoms with van der Waals surface area (Å²) in [6.45, 7) is 5.34. The summed E-state index contributed by atoms with van der Waals surface area (Å²) in [5, 5.41) is 4.14. The third-order valence-electron chi connectivity index (χ3n) is 2.47. The fraction of sp³-hybridized carbons (Fsp3) is 0.0667. The van der Waals surface area contributed by atoms with Crippen molar-refractivity contribution < 1.29 is 13.9 Å². The number of hydrogen-bond acceptors (Lipinski definition) is 4. The maximum absolute atomic E-state index is 12.0. The number of hydrogen-bond donors (Lipinski definition) is 0. The van der Waals surface area contributed by atoms with Crippen LogP contribution in [0.25, 0.3) is 6.08 Å². The summed E-state index contributed by atoms with van der Waals surface area (Å²) in [4.78, 5) is 12.0. The van der Waals surface area contributed by atoms with Crippen LogP contribution in [0.15, 0.2) is 65.8 Å². The third kappa shape index (κ3) is 3.14. The van der Waals surface area contributed by atoms with Gasteiger partial charge < -0.3 is 9.15 Å². The fourth-order valence-corrected chi connectivity index (χ4v) is 1.52. The van der Waals surface area contributed by atoms with Gasteiger partial charge in [0.1, 0.15) is 5.76 Å². The van der Waals surface area contributed by atoms with Gasteiger partial charge in [-0.15, -0.1) is 0 Å². The summed E-state index contributed by atoms with van der Waals surface area (Å²) in [6, 6.07) is 4.97. The molecule has 0 unspecified atom stereocenters. The molecule has 0 aliphatic carbocycles. The van der Waals surface area contributed by atoms with Crippen molar-refractivity contribution >= 4 is 12.0 Å². The number of carbonyl (C=O) groups excluding carboxylic acids is 1. The molecule has 0 radical (unpaired) electrons. The smallest absolute Gasteiger partial charge is 0.313 e. The van der Waals surface area contributed by atoms with Crippen LogP contribution in [0.4, 0.5) is 0 Å². The van der Waals surface area contributed by atoms with Gasteiger partial charge in [0.05, 0.1) is 18.2 Å². The van der Waals surface area contributed by atoms with E-state index in [1.54, 1.807) is 42.6 Å². The molecule has 0 saturated heterocycles. The SMILES string of the molecule is C=COC(=C\C)/C=C/c1ccn(C(=O)c2ccco2)n1. The van der Waals surface area contributed by atoms with Gasteiger partial charge in [-0.3, -0.25) is 4.79 Å². The summed E-state index contributed by atoms with van der Waals surface area (Å²) < 4.78 is 11.4. The Kier molecular flexibility index (Phi) is 4.34. The third-order valence-corrected chi connectivity index (χ3v) is 2.47. The lowest BCUT2D eigenvalue weighted by atomic mass is 10.3. The maximum Gasteiger partial charge on any atom is 0.313 e. The highest BCUT2D eigenvalue weighted by Crippen LogP contribution is 2.07. The van der Waals surface area contributed by atoms with E-state index in [2.05, 4.69) is 11.7 Å². The van der Waals surface area contributed by atoms with Gasteiger partial charge in [-0.25, -0.2) is 4.68 Å². The van der Waals surface area contributed by atoms with Crippen molar-refractivity contribution in [2.45, 2.75) is 6.92 Å². The Hall–Kier alpha value is -2.82. The van der Waals surface area contributed by atoms with Gasteiger partial charge >= 0.3 is 5.91 Å². The molecule has 0 fully saturated rings. The minimum atomic E-state index is -0.316. The highest BCUT2D eigenvalue weighted by molar-refractivity contribution is 5.92. The molecule has 2 heterocycles. The maximum atomic E-state index is 12.0. The predicted octanol–water partition coefficient (Wildman–Crippen LogP) is 3.24. The number of rotatable bonds is 5. The van der Waals surface area contributed by atoms with E-state index in [1.807, 2.05) is 6.92 Å². The largest absolute Gasteiger partial charge is 0.466 e. The standard InChI is InChI=1S/C15H14N2O3/c1-3-13(19-4-2)8-7-12-9-10-17(16-12)15(18)14-6-5-11-20-14/h3-11H,2H2,1H3/b8-7+,13-3-. The second-order valence-electron chi connectivity index (χ2n) is 3.78. The van der Waals surface area contributed by atoms with Gasteiger partial charge in [-0.2, -0.15) is 5.10 Å². The lowest BCUT2D eigenvalue weighted by Crippen LogP contribution is -2.11. The van der Waals surface area contributed by atoms with Gasteiger partial charge in [-0.05, 0) is 43.4 Å². The van der Waals surface area contributed by atoms with E-state index < -0.39 is 0 Å². The normalized spacial score (nSPS) is 11.8. The van der Waals surface area contributed by atoms with E-state index in [4.69, 9.17) is 9.15 Å². The molecule has 2 aromatic rings. The summed E-state index contributed by atoms with van der Waals surface area (Å²) in [5.41, 5.74) is 0.636. The zero-order valence-electron chi connectivity index (χ0n) is 11.0. The van der Waals surface area contributed by atoms with Gasteiger partial charge in [-0.1, -0.05) is 6.58 Å². The number of allylic oxidation sites excluding steroid dienone is 2. The molecular formula is C15H14N2O3. The van der Waals surface area contributed by atoms with Gasteiger partial charge in [0.25, 0.3) is 0 Å². The van der Waals surface area contributed by atoms with Crippen LogP contribution in [0.1, 0.15) is 23.2 Å². The van der Waals surface area contributed by atoms with Crippen molar-refractivity contribution in [3.63, 3.8) is 0 Å². The predicted molar refractivity (Wildman–Crippen MR) is 74.7 cm³/mol.